The van der Waals surface area contributed by atoms with Crippen molar-refractivity contribution in [2.45, 2.75) is 45.2 Å². The highest BCUT2D eigenvalue weighted by Crippen LogP contribution is 2.23. The Hall–Kier alpha value is -2.04. The first-order valence-corrected chi connectivity index (χ1v) is 7.80. The second-order valence-electron chi connectivity index (χ2n) is 5.96. The SMILES string of the molecule is COc1cccc(CNC(=O)C(=O)NC2CCC(C)CC2)c1. The Labute approximate surface area is 131 Å². The summed E-state index contributed by atoms with van der Waals surface area (Å²) in [5.41, 5.74) is 0.895. The number of rotatable bonds is 4. The molecule has 120 valence electrons. The van der Waals surface area contributed by atoms with Crippen molar-refractivity contribution in [1.82, 2.24) is 10.6 Å². The van der Waals surface area contributed by atoms with Gasteiger partial charge in [0.05, 0.1) is 7.11 Å². The van der Waals surface area contributed by atoms with E-state index in [2.05, 4.69) is 17.6 Å². The monoisotopic (exact) mass is 304 g/mol. The molecule has 1 aromatic carbocycles. The minimum Gasteiger partial charge on any atom is -0.497 e. The van der Waals surface area contributed by atoms with Crippen molar-refractivity contribution in [3.05, 3.63) is 29.8 Å². The maximum Gasteiger partial charge on any atom is 0.309 e. The maximum atomic E-state index is 11.9. The van der Waals surface area contributed by atoms with Crippen LogP contribution in [0.4, 0.5) is 0 Å². The molecule has 2 amide bonds. The molecule has 5 nitrogen and oxygen atoms in total. The molecule has 0 saturated heterocycles. The fourth-order valence-corrected chi connectivity index (χ4v) is 2.70. The zero-order chi connectivity index (χ0) is 15.9. The fraction of sp³-hybridized carbons (Fsp3) is 0.529. The zero-order valence-electron chi connectivity index (χ0n) is 13.2. The van der Waals surface area contributed by atoms with Gasteiger partial charge in [-0.05, 0) is 49.3 Å². The van der Waals surface area contributed by atoms with Gasteiger partial charge in [0.1, 0.15) is 5.75 Å². The quantitative estimate of drug-likeness (QED) is 0.836. The van der Waals surface area contributed by atoms with Crippen LogP contribution < -0.4 is 15.4 Å². The van der Waals surface area contributed by atoms with Crippen molar-refractivity contribution in [2.75, 3.05) is 7.11 Å². The van der Waals surface area contributed by atoms with Gasteiger partial charge in [-0.25, -0.2) is 0 Å². The third-order valence-corrected chi connectivity index (χ3v) is 4.14. The topological polar surface area (TPSA) is 67.4 Å². The molecule has 0 bridgehead atoms. The summed E-state index contributed by atoms with van der Waals surface area (Å²) in [6.07, 6.45) is 4.12. The van der Waals surface area contributed by atoms with Gasteiger partial charge in [0.25, 0.3) is 0 Å². The summed E-state index contributed by atoms with van der Waals surface area (Å²) in [7, 11) is 1.59. The van der Waals surface area contributed by atoms with Crippen molar-refractivity contribution in [1.29, 1.82) is 0 Å². The Balaban J connectivity index is 1.77. The van der Waals surface area contributed by atoms with Crippen LogP contribution in [-0.4, -0.2) is 25.0 Å². The van der Waals surface area contributed by atoms with Crippen LogP contribution in [0.1, 0.15) is 38.2 Å². The summed E-state index contributed by atoms with van der Waals surface area (Å²) in [5, 5.41) is 5.46. The van der Waals surface area contributed by atoms with E-state index in [4.69, 9.17) is 4.74 Å². The number of benzene rings is 1. The minimum atomic E-state index is -0.582. The van der Waals surface area contributed by atoms with E-state index in [9.17, 15) is 9.59 Å². The Bertz CT molecular complexity index is 522. The van der Waals surface area contributed by atoms with Crippen molar-refractivity contribution in [3.63, 3.8) is 0 Å². The van der Waals surface area contributed by atoms with E-state index >= 15 is 0 Å². The second kappa shape index (κ2) is 7.82. The molecule has 1 aromatic rings. The van der Waals surface area contributed by atoms with Gasteiger partial charge in [-0.3, -0.25) is 9.59 Å². The summed E-state index contributed by atoms with van der Waals surface area (Å²) in [6.45, 7) is 2.53. The van der Waals surface area contributed by atoms with E-state index in [0.29, 0.717) is 6.54 Å². The Kier molecular flexibility index (Phi) is 5.81. The number of hydrogen-bond acceptors (Lipinski definition) is 3. The summed E-state index contributed by atoms with van der Waals surface area (Å²) in [4.78, 5) is 23.7. The lowest BCUT2D eigenvalue weighted by Crippen LogP contribution is -2.45. The van der Waals surface area contributed by atoms with Crippen LogP contribution in [0.5, 0.6) is 5.75 Å². The smallest absolute Gasteiger partial charge is 0.309 e. The van der Waals surface area contributed by atoms with Crippen LogP contribution in [0, 0.1) is 5.92 Å². The van der Waals surface area contributed by atoms with Gasteiger partial charge in [0, 0.05) is 12.6 Å². The van der Waals surface area contributed by atoms with Crippen LogP contribution in [0.2, 0.25) is 0 Å². The molecule has 1 saturated carbocycles. The summed E-state index contributed by atoms with van der Waals surface area (Å²) >= 11 is 0. The molecule has 2 N–H and O–H groups in total. The fourth-order valence-electron chi connectivity index (χ4n) is 2.70. The van der Waals surface area contributed by atoms with Crippen LogP contribution in [0.3, 0.4) is 0 Å². The van der Waals surface area contributed by atoms with Crippen molar-refractivity contribution < 1.29 is 14.3 Å². The van der Waals surface area contributed by atoms with E-state index in [1.54, 1.807) is 7.11 Å². The average Bonchev–Trinajstić information content (AvgIpc) is 2.54. The lowest BCUT2D eigenvalue weighted by Gasteiger charge is -2.26. The Morgan fingerprint density at radius 1 is 1.18 bits per heavy atom. The largest absolute Gasteiger partial charge is 0.497 e. The standard InChI is InChI=1S/C17H24N2O3/c1-12-6-8-14(9-7-12)19-17(21)16(20)18-11-13-4-3-5-15(10-13)22-2/h3-5,10,12,14H,6-9,11H2,1-2H3,(H,18,20)(H,19,21). The number of methoxy groups -OCH3 is 1. The molecule has 0 spiro atoms. The number of ether oxygens (including phenoxy) is 1. The summed E-state index contributed by atoms with van der Waals surface area (Å²) < 4.78 is 5.13. The van der Waals surface area contributed by atoms with E-state index < -0.39 is 11.8 Å². The molecule has 1 aliphatic carbocycles. The third kappa shape index (κ3) is 4.76. The number of carbonyl (C=O) groups excluding carboxylic acids is 2. The molecule has 22 heavy (non-hydrogen) atoms. The molecule has 2 rings (SSSR count). The van der Waals surface area contributed by atoms with Crippen LogP contribution in [-0.2, 0) is 16.1 Å². The number of amides is 2. The maximum absolute atomic E-state index is 11.9. The molecule has 0 aliphatic heterocycles. The van der Waals surface area contributed by atoms with Gasteiger partial charge >= 0.3 is 11.8 Å². The summed E-state index contributed by atoms with van der Waals surface area (Å²) in [6, 6.07) is 7.53. The molecule has 0 aromatic heterocycles. The predicted molar refractivity (Wildman–Crippen MR) is 84.4 cm³/mol. The lowest BCUT2D eigenvalue weighted by molar-refractivity contribution is -0.139. The van der Waals surface area contributed by atoms with Gasteiger partial charge in [-0.15, -0.1) is 0 Å². The highest BCUT2D eigenvalue weighted by atomic mass is 16.5. The van der Waals surface area contributed by atoms with Crippen LogP contribution in [0.15, 0.2) is 24.3 Å². The van der Waals surface area contributed by atoms with Gasteiger partial charge in [-0.1, -0.05) is 19.1 Å². The van der Waals surface area contributed by atoms with Gasteiger partial charge in [0.2, 0.25) is 0 Å². The summed E-state index contributed by atoms with van der Waals surface area (Å²) in [5.74, 6) is 0.325. The number of hydrogen-bond donors (Lipinski definition) is 2. The normalized spacial score (nSPS) is 21.0. The van der Waals surface area contributed by atoms with Gasteiger partial charge < -0.3 is 15.4 Å². The number of carbonyl (C=O) groups is 2. The number of nitrogens with one attached hydrogen (secondary N) is 2. The van der Waals surface area contributed by atoms with Crippen molar-refractivity contribution in [3.8, 4) is 5.75 Å². The van der Waals surface area contributed by atoms with Crippen LogP contribution >= 0.6 is 0 Å². The first-order chi connectivity index (χ1) is 10.6. The molecule has 1 aliphatic rings. The highest BCUT2D eigenvalue weighted by molar-refractivity contribution is 6.35. The molecule has 0 atom stereocenters. The lowest BCUT2D eigenvalue weighted by atomic mass is 9.87. The third-order valence-electron chi connectivity index (χ3n) is 4.14. The van der Waals surface area contributed by atoms with Crippen LogP contribution in [0.25, 0.3) is 0 Å². The first-order valence-electron chi connectivity index (χ1n) is 7.80. The van der Waals surface area contributed by atoms with Crippen molar-refractivity contribution >= 4 is 11.8 Å². The zero-order valence-corrected chi connectivity index (χ0v) is 13.2. The van der Waals surface area contributed by atoms with Gasteiger partial charge in [0.15, 0.2) is 0 Å². The molecule has 1 fully saturated rings. The molecular formula is C17H24N2O3. The molecule has 0 heterocycles. The molecule has 0 unspecified atom stereocenters. The highest BCUT2D eigenvalue weighted by Gasteiger charge is 2.22. The molecular weight excluding hydrogens is 280 g/mol. The van der Waals surface area contributed by atoms with E-state index in [-0.39, 0.29) is 6.04 Å². The first kappa shape index (κ1) is 16.3. The van der Waals surface area contributed by atoms with E-state index in [1.165, 1.54) is 0 Å². The van der Waals surface area contributed by atoms with Gasteiger partial charge in [-0.2, -0.15) is 0 Å². The Morgan fingerprint density at radius 3 is 2.59 bits per heavy atom. The van der Waals surface area contributed by atoms with E-state index in [0.717, 1.165) is 42.9 Å². The second-order valence-corrected chi connectivity index (χ2v) is 5.96. The minimum absolute atomic E-state index is 0.131. The average molecular weight is 304 g/mol. The molecule has 5 heteroatoms. The van der Waals surface area contributed by atoms with Crippen molar-refractivity contribution in [2.24, 2.45) is 5.92 Å². The van der Waals surface area contributed by atoms with E-state index in [1.807, 2.05) is 24.3 Å². The Morgan fingerprint density at radius 2 is 1.91 bits per heavy atom. The molecule has 0 radical (unpaired) electrons. The predicted octanol–water partition coefficient (Wildman–Crippen LogP) is 2.01.